The Labute approximate surface area is 47.7 Å². The Morgan fingerprint density at radius 3 is 1.50 bits per heavy atom. The molecule has 0 fully saturated rings. The molecule has 0 atom stereocenters. The molecule has 0 aromatic rings. The molecule has 0 amide bonds. The first-order valence-electron chi connectivity index (χ1n) is 1.93. The van der Waals surface area contributed by atoms with Gasteiger partial charge in [0.15, 0.2) is 0 Å². The monoisotopic (exact) mass is 152 g/mol. The Morgan fingerprint density at radius 1 is 1.33 bits per heavy atom. The highest BCUT2D eigenvalue weighted by atomic mass is 79.9. The van der Waals surface area contributed by atoms with Crippen molar-refractivity contribution >= 4 is 15.9 Å². The summed E-state index contributed by atoms with van der Waals surface area (Å²) in [5.74, 6) is 0. The number of hydrogen-bond acceptors (Lipinski definition) is 0. The topological polar surface area (TPSA) is 0 Å². The third-order valence-electron chi connectivity index (χ3n) is 0.359. The summed E-state index contributed by atoms with van der Waals surface area (Å²) in [5, 5.41) is 0. The van der Waals surface area contributed by atoms with E-state index in [2.05, 4.69) is 37.1 Å². The third kappa shape index (κ3) is 4.44. The summed E-state index contributed by atoms with van der Waals surface area (Å²) in [6.45, 7) is 0. The van der Waals surface area contributed by atoms with Crippen molar-refractivity contribution in [3.05, 3.63) is 0 Å². The standard InChI is InChI=1S/C4H11BrN/c1-6(2,3)4-5/h4H2,1-3H3/q+1. The van der Waals surface area contributed by atoms with E-state index >= 15 is 0 Å². The fourth-order valence-corrected chi connectivity index (χ4v) is 0. The number of nitrogens with zero attached hydrogens (tertiary/aromatic N) is 1. The SMILES string of the molecule is C[N+](C)(C)CBr. The first-order chi connectivity index (χ1) is 2.56. The van der Waals surface area contributed by atoms with E-state index in [1.54, 1.807) is 0 Å². The zero-order chi connectivity index (χ0) is 5.21. The van der Waals surface area contributed by atoms with Crippen LogP contribution in [0.3, 0.4) is 0 Å². The van der Waals surface area contributed by atoms with Gasteiger partial charge in [0.05, 0.1) is 21.1 Å². The molecule has 6 heavy (non-hydrogen) atoms. The average molecular weight is 153 g/mol. The van der Waals surface area contributed by atoms with Crippen molar-refractivity contribution in [2.45, 2.75) is 0 Å². The second kappa shape index (κ2) is 1.94. The van der Waals surface area contributed by atoms with E-state index < -0.39 is 0 Å². The fourth-order valence-electron chi connectivity index (χ4n) is 0. The van der Waals surface area contributed by atoms with E-state index in [0.29, 0.717) is 0 Å². The minimum Gasteiger partial charge on any atom is -0.322 e. The number of quaternary nitrogens is 1. The summed E-state index contributed by atoms with van der Waals surface area (Å²) in [6, 6.07) is 0. The van der Waals surface area contributed by atoms with Crippen molar-refractivity contribution in [1.82, 2.24) is 0 Å². The molecule has 0 heterocycles. The van der Waals surface area contributed by atoms with Gasteiger partial charge in [0.2, 0.25) is 0 Å². The van der Waals surface area contributed by atoms with Crippen LogP contribution in [0.15, 0.2) is 0 Å². The predicted molar refractivity (Wildman–Crippen MR) is 31.8 cm³/mol. The van der Waals surface area contributed by atoms with Gasteiger partial charge in [0.1, 0.15) is 5.45 Å². The van der Waals surface area contributed by atoms with Gasteiger partial charge in [-0.05, 0) is 15.9 Å². The van der Waals surface area contributed by atoms with Crippen molar-refractivity contribution < 1.29 is 4.48 Å². The third-order valence-corrected chi connectivity index (χ3v) is 1.86. The van der Waals surface area contributed by atoms with Crippen LogP contribution < -0.4 is 0 Å². The quantitative estimate of drug-likeness (QED) is 0.300. The molecule has 0 N–H and O–H groups in total. The Kier molecular flexibility index (Phi) is 2.08. The van der Waals surface area contributed by atoms with Crippen molar-refractivity contribution in [3.63, 3.8) is 0 Å². The lowest BCUT2D eigenvalue weighted by Gasteiger charge is -2.19. The van der Waals surface area contributed by atoms with Crippen molar-refractivity contribution in [3.8, 4) is 0 Å². The molecule has 2 heteroatoms. The molecular weight excluding hydrogens is 142 g/mol. The van der Waals surface area contributed by atoms with E-state index in [4.69, 9.17) is 0 Å². The minimum absolute atomic E-state index is 0.986. The second-order valence-corrected chi connectivity index (χ2v) is 2.91. The van der Waals surface area contributed by atoms with Gasteiger partial charge in [-0.1, -0.05) is 0 Å². The molecular formula is C4H11BrN+. The minimum atomic E-state index is 0.986. The van der Waals surface area contributed by atoms with Gasteiger partial charge in [-0.3, -0.25) is 0 Å². The summed E-state index contributed by atoms with van der Waals surface area (Å²) < 4.78 is 0.986. The molecule has 0 spiro atoms. The molecule has 0 aromatic heterocycles. The summed E-state index contributed by atoms with van der Waals surface area (Å²) in [7, 11) is 6.40. The van der Waals surface area contributed by atoms with Crippen LogP contribution in [-0.4, -0.2) is 31.1 Å². The number of halogens is 1. The Morgan fingerprint density at radius 2 is 1.50 bits per heavy atom. The second-order valence-electron chi connectivity index (χ2n) is 2.41. The molecule has 0 saturated carbocycles. The van der Waals surface area contributed by atoms with E-state index in [0.717, 1.165) is 9.94 Å². The maximum absolute atomic E-state index is 3.34. The Balaban J connectivity index is 3.17. The Bertz CT molecular complexity index is 37.3. The lowest BCUT2D eigenvalue weighted by molar-refractivity contribution is -0.855. The van der Waals surface area contributed by atoms with E-state index in [1.807, 2.05) is 0 Å². The van der Waals surface area contributed by atoms with Crippen LogP contribution in [0.4, 0.5) is 0 Å². The molecule has 0 aliphatic heterocycles. The van der Waals surface area contributed by atoms with E-state index in [1.165, 1.54) is 0 Å². The fraction of sp³-hybridized carbons (Fsp3) is 1.00. The number of rotatable bonds is 1. The molecule has 0 aliphatic carbocycles. The molecule has 0 aliphatic rings. The van der Waals surface area contributed by atoms with Crippen molar-refractivity contribution in [2.75, 3.05) is 26.6 Å². The van der Waals surface area contributed by atoms with Crippen molar-refractivity contribution in [2.24, 2.45) is 0 Å². The highest BCUT2D eigenvalue weighted by molar-refractivity contribution is 9.09. The molecule has 0 aromatic carbocycles. The van der Waals surface area contributed by atoms with Gasteiger partial charge in [-0.15, -0.1) is 0 Å². The van der Waals surface area contributed by atoms with E-state index in [9.17, 15) is 0 Å². The van der Waals surface area contributed by atoms with Crippen LogP contribution in [-0.2, 0) is 0 Å². The maximum atomic E-state index is 3.34. The largest absolute Gasteiger partial charge is 0.322 e. The average Bonchev–Trinajstić information content (AvgIpc) is 1.35. The molecule has 1 nitrogen and oxygen atoms in total. The first-order valence-corrected chi connectivity index (χ1v) is 3.05. The summed E-state index contributed by atoms with van der Waals surface area (Å²) >= 11 is 3.34. The predicted octanol–water partition coefficient (Wildman–Crippen LogP) is 1.04. The van der Waals surface area contributed by atoms with Crippen LogP contribution in [0.2, 0.25) is 0 Å². The molecule has 0 bridgehead atoms. The maximum Gasteiger partial charge on any atom is 0.133 e. The number of hydrogen-bond donors (Lipinski definition) is 0. The molecule has 0 saturated heterocycles. The van der Waals surface area contributed by atoms with Crippen LogP contribution in [0.5, 0.6) is 0 Å². The van der Waals surface area contributed by atoms with Crippen LogP contribution >= 0.6 is 15.9 Å². The molecule has 0 unspecified atom stereocenters. The van der Waals surface area contributed by atoms with Gasteiger partial charge >= 0.3 is 0 Å². The summed E-state index contributed by atoms with van der Waals surface area (Å²) in [6.07, 6.45) is 0. The lowest BCUT2D eigenvalue weighted by atomic mass is 10.8. The summed E-state index contributed by atoms with van der Waals surface area (Å²) in [4.78, 5) is 0. The first kappa shape index (κ1) is 6.44. The van der Waals surface area contributed by atoms with Crippen molar-refractivity contribution in [1.29, 1.82) is 0 Å². The highest BCUT2D eigenvalue weighted by Gasteiger charge is 1.99. The number of alkyl halides is 1. The van der Waals surface area contributed by atoms with Crippen LogP contribution in [0.1, 0.15) is 0 Å². The Hall–Kier alpha value is 0.440. The molecule has 38 valence electrons. The van der Waals surface area contributed by atoms with Gasteiger partial charge in [0, 0.05) is 0 Å². The highest BCUT2D eigenvalue weighted by Crippen LogP contribution is 1.92. The normalized spacial score (nSPS) is 12.0. The zero-order valence-electron chi connectivity index (χ0n) is 4.53. The van der Waals surface area contributed by atoms with Gasteiger partial charge in [0.25, 0.3) is 0 Å². The summed E-state index contributed by atoms with van der Waals surface area (Å²) in [5.41, 5.74) is 1.02. The zero-order valence-corrected chi connectivity index (χ0v) is 6.12. The van der Waals surface area contributed by atoms with Crippen LogP contribution in [0.25, 0.3) is 0 Å². The van der Waals surface area contributed by atoms with Gasteiger partial charge in [-0.25, -0.2) is 0 Å². The molecule has 0 rings (SSSR count). The van der Waals surface area contributed by atoms with E-state index in [-0.39, 0.29) is 0 Å². The van der Waals surface area contributed by atoms with Crippen LogP contribution in [0, 0.1) is 0 Å². The van der Waals surface area contributed by atoms with Gasteiger partial charge < -0.3 is 4.48 Å². The van der Waals surface area contributed by atoms with Gasteiger partial charge in [-0.2, -0.15) is 0 Å². The smallest absolute Gasteiger partial charge is 0.133 e. The lowest BCUT2D eigenvalue weighted by Crippen LogP contribution is -2.31. The molecule has 0 radical (unpaired) electrons.